The summed E-state index contributed by atoms with van der Waals surface area (Å²) in [5.41, 5.74) is 0.953. The van der Waals surface area contributed by atoms with Crippen LogP contribution in [0.4, 0.5) is 0 Å². The van der Waals surface area contributed by atoms with Crippen LogP contribution in [0.3, 0.4) is 0 Å². The second-order valence-electron chi connectivity index (χ2n) is 6.68. The van der Waals surface area contributed by atoms with Crippen molar-refractivity contribution in [2.75, 3.05) is 26.3 Å². The predicted molar refractivity (Wildman–Crippen MR) is 95.2 cm³/mol. The van der Waals surface area contributed by atoms with Crippen molar-refractivity contribution in [3.63, 3.8) is 0 Å². The number of hydrogen-bond donors (Lipinski definition) is 0. The van der Waals surface area contributed by atoms with Crippen LogP contribution in [0.1, 0.15) is 37.7 Å². The van der Waals surface area contributed by atoms with E-state index in [1.165, 1.54) is 32.4 Å². The van der Waals surface area contributed by atoms with Crippen LogP contribution in [0.5, 0.6) is 0 Å². The zero-order valence-corrected chi connectivity index (χ0v) is 15.0. The first-order valence-electron chi connectivity index (χ1n) is 8.56. The molecule has 0 aliphatic carbocycles. The molecule has 2 saturated heterocycles. The van der Waals surface area contributed by atoms with Gasteiger partial charge in [0.1, 0.15) is 0 Å². The molecule has 0 spiro atoms. The fourth-order valence-electron chi connectivity index (χ4n) is 3.69. The maximum absolute atomic E-state index is 12.7. The van der Waals surface area contributed by atoms with E-state index in [2.05, 4.69) is 9.80 Å². The molecule has 3 nitrogen and oxygen atoms in total. The SMILES string of the molecule is O=C(Cc1ccc(Cl)c(Cl)c1)C1CCCN1CN1CCCCC1. The van der Waals surface area contributed by atoms with E-state index in [9.17, 15) is 4.79 Å². The molecule has 0 radical (unpaired) electrons. The summed E-state index contributed by atoms with van der Waals surface area (Å²) in [6.07, 6.45) is 6.46. The van der Waals surface area contributed by atoms with Crippen molar-refractivity contribution in [3.05, 3.63) is 33.8 Å². The molecule has 1 aromatic rings. The number of nitrogens with zero attached hydrogens (tertiary/aromatic N) is 2. The molecule has 2 aliphatic heterocycles. The predicted octanol–water partition coefficient (Wildman–Crippen LogP) is 4.01. The second-order valence-corrected chi connectivity index (χ2v) is 7.50. The zero-order chi connectivity index (χ0) is 16.2. The standard InChI is InChI=1S/C18H24Cl2N2O/c19-15-7-6-14(11-16(15)20)12-18(23)17-5-4-10-22(17)13-21-8-2-1-3-9-21/h6-7,11,17H,1-5,8-10,12-13H2. The summed E-state index contributed by atoms with van der Waals surface area (Å²) >= 11 is 12.0. The lowest BCUT2D eigenvalue weighted by molar-refractivity contribution is -0.123. The van der Waals surface area contributed by atoms with Crippen LogP contribution in [-0.2, 0) is 11.2 Å². The molecule has 1 atom stereocenters. The minimum absolute atomic E-state index is 0.0615. The van der Waals surface area contributed by atoms with Gasteiger partial charge < -0.3 is 0 Å². The van der Waals surface area contributed by atoms with Crippen LogP contribution in [0.25, 0.3) is 0 Å². The van der Waals surface area contributed by atoms with Crippen molar-refractivity contribution in [3.8, 4) is 0 Å². The van der Waals surface area contributed by atoms with E-state index in [4.69, 9.17) is 23.2 Å². The highest BCUT2D eigenvalue weighted by molar-refractivity contribution is 6.42. The van der Waals surface area contributed by atoms with Crippen LogP contribution in [0, 0.1) is 0 Å². The molecule has 1 aromatic carbocycles. The van der Waals surface area contributed by atoms with Gasteiger partial charge in [-0.3, -0.25) is 14.6 Å². The fraction of sp³-hybridized carbons (Fsp3) is 0.611. The molecular formula is C18H24Cl2N2O. The third kappa shape index (κ3) is 4.48. The van der Waals surface area contributed by atoms with Gasteiger partial charge in [-0.25, -0.2) is 0 Å². The first kappa shape index (κ1) is 17.2. The van der Waals surface area contributed by atoms with Gasteiger partial charge in [0.05, 0.1) is 22.8 Å². The van der Waals surface area contributed by atoms with Crippen molar-refractivity contribution >= 4 is 29.0 Å². The number of rotatable bonds is 5. The summed E-state index contributed by atoms with van der Waals surface area (Å²) in [5.74, 6) is 0.304. The minimum Gasteiger partial charge on any atom is -0.298 e. The number of likely N-dealkylation sites (tertiary alicyclic amines) is 2. The molecule has 0 aromatic heterocycles. The number of Topliss-reactive ketones (excluding diaryl/α,β-unsaturated/α-hetero) is 1. The fourth-order valence-corrected chi connectivity index (χ4v) is 4.01. The van der Waals surface area contributed by atoms with Gasteiger partial charge in [-0.2, -0.15) is 0 Å². The lowest BCUT2D eigenvalue weighted by atomic mass is 10.0. The number of hydrogen-bond acceptors (Lipinski definition) is 3. The molecule has 5 heteroatoms. The van der Waals surface area contributed by atoms with Crippen LogP contribution in [0.15, 0.2) is 18.2 Å². The van der Waals surface area contributed by atoms with Gasteiger partial charge in [0, 0.05) is 13.0 Å². The molecule has 126 valence electrons. The van der Waals surface area contributed by atoms with E-state index in [0.717, 1.165) is 31.6 Å². The Labute approximate surface area is 148 Å². The Morgan fingerprint density at radius 1 is 1.04 bits per heavy atom. The smallest absolute Gasteiger partial charge is 0.154 e. The first-order chi connectivity index (χ1) is 11.1. The summed E-state index contributed by atoms with van der Waals surface area (Å²) in [4.78, 5) is 17.6. The lowest BCUT2D eigenvalue weighted by Crippen LogP contribution is -2.45. The van der Waals surface area contributed by atoms with Crippen molar-refractivity contribution in [1.82, 2.24) is 9.80 Å². The summed E-state index contributed by atoms with van der Waals surface area (Å²) in [6.45, 7) is 4.32. The first-order valence-corrected chi connectivity index (χ1v) is 9.32. The molecular weight excluding hydrogens is 331 g/mol. The quantitative estimate of drug-likeness (QED) is 0.797. The summed E-state index contributed by atoms with van der Waals surface area (Å²) in [5, 5.41) is 1.06. The van der Waals surface area contributed by atoms with Gasteiger partial charge in [-0.05, 0) is 56.5 Å². The Hall–Kier alpha value is -0.610. The molecule has 2 fully saturated rings. The summed E-state index contributed by atoms with van der Waals surface area (Å²) < 4.78 is 0. The third-order valence-electron chi connectivity index (χ3n) is 4.93. The van der Waals surface area contributed by atoms with Gasteiger partial charge in [0.25, 0.3) is 0 Å². The molecule has 0 bridgehead atoms. The Bertz CT molecular complexity index is 558. The highest BCUT2D eigenvalue weighted by atomic mass is 35.5. The van der Waals surface area contributed by atoms with E-state index in [1.54, 1.807) is 6.07 Å². The second kappa shape index (κ2) is 7.98. The molecule has 2 heterocycles. The van der Waals surface area contributed by atoms with Crippen LogP contribution >= 0.6 is 23.2 Å². The molecule has 0 amide bonds. The molecule has 0 saturated carbocycles. The summed E-state index contributed by atoms with van der Waals surface area (Å²) in [7, 11) is 0. The van der Waals surface area contributed by atoms with Crippen LogP contribution in [-0.4, -0.2) is 47.9 Å². The Morgan fingerprint density at radius 2 is 1.83 bits per heavy atom. The van der Waals surface area contributed by atoms with E-state index < -0.39 is 0 Å². The number of carbonyl (C=O) groups excluding carboxylic acids is 1. The number of benzene rings is 1. The average molecular weight is 355 g/mol. The Balaban J connectivity index is 1.59. The largest absolute Gasteiger partial charge is 0.298 e. The average Bonchev–Trinajstić information content (AvgIpc) is 3.00. The number of piperidine rings is 1. The van der Waals surface area contributed by atoms with E-state index >= 15 is 0 Å². The van der Waals surface area contributed by atoms with E-state index in [-0.39, 0.29) is 6.04 Å². The van der Waals surface area contributed by atoms with Crippen molar-refractivity contribution < 1.29 is 4.79 Å². The zero-order valence-electron chi connectivity index (χ0n) is 13.4. The molecule has 2 aliphatic rings. The van der Waals surface area contributed by atoms with Gasteiger partial charge >= 0.3 is 0 Å². The third-order valence-corrected chi connectivity index (χ3v) is 5.67. The molecule has 1 unspecified atom stereocenters. The number of ketones is 1. The summed E-state index contributed by atoms with van der Waals surface area (Å²) in [6, 6.07) is 5.54. The van der Waals surface area contributed by atoms with Crippen LogP contribution < -0.4 is 0 Å². The number of carbonyl (C=O) groups is 1. The van der Waals surface area contributed by atoms with Gasteiger partial charge in [0.2, 0.25) is 0 Å². The van der Waals surface area contributed by atoms with Crippen molar-refractivity contribution in [2.24, 2.45) is 0 Å². The number of halogens is 2. The van der Waals surface area contributed by atoms with Crippen molar-refractivity contribution in [2.45, 2.75) is 44.6 Å². The molecule has 3 rings (SSSR count). The van der Waals surface area contributed by atoms with E-state index in [0.29, 0.717) is 22.2 Å². The van der Waals surface area contributed by atoms with Crippen LogP contribution in [0.2, 0.25) is 10.0 Å². The van der Waals surface area contributed by atoms with Gasteiger partial charge in [0.15, 0.2) is 5.78 Å². The molecule has 0 N–H and O–H groups in total. The highest BCUT2D eigenvalue weighted by Crippen LogP contribution is 2.25. The molecule has 23 heavy (non-hydrogen) atoms. The normalized spacial score (nSPS) is 23.3. The maximum Gasteiger partial charge on any atom is 0.154 e. The highest BCUT2D eigenvalue weighted by Gasteiger charge is 2.31. The Morgan fingerprint density at radius 3 is 2.57 bits per heavy atom. The monoisotopic (exact) mass is 354 g/mol. The maximum atomic E-state index is 12.7. The van der Waals surface area contributed by atoms with E-state index in [1.807, 2.05) is 12.1 Å². The topological polar surface area (TPSA) is 23.6 Å². The minimum atomic E-state index is 0.0615. The van der Waals surface area contributed by atoms with Gasteiger partial charge in [-0.15, -0.1) is 0 Å². The Kier molecular flexibility index (Phi) is 5.97. The lowest BCUT2D eigenvalue weighted by Gasteiger charge is -2.33. The van der Waals surface area contributed by atoms with Crippen molar-refractivity contribution in [1.29, 1.82) is 0 Å². The van der Waals surface area contributed by atoms with Gasteiger partial charge in [-0.1, -0.05) is 35.7 Å².